The van der Waals surface area contributed by atoms with Crippen LogP contribution in [0.1, 0.15) is 43.2 Å². The van der Waals surface area contributed by atoms with Gasteiger partial charge in [0.1, 0.15) is 0 Å². The molecule has 1 unspecified atom stereocenters. The first-order valence-corrected chi connectivity index (χ1v) is 5.20. The Kier molecular flexibility index (Phi) is 2.53. The largest absolute Gasteiger partial charge is 0.204 e. The van der Waals surface area contributed by atoms with E-state index in [1.165, 1.54) is 6.07 Å². The van der Waals surface area contributed by atoms with Gasteiger partial charge in [0.05, 0.1) is 0 Å². The summed E-state index contributed by atoms with van der Waals surface area (Å²) >= 11 is 0. The first kappa shape index (κ1) is 9.63. The molecule has 0 fully saturated rings. The fourth-order valence-corrected chi connectivity index (χ4v) is 2.38. The highest BCUT2D eigenvalue weighted by atomic mass is 19.2. The van der Waals surface area contributed by atoms with Crippen molar-refractivity contribution in [2.24, 2.45) is 0 Å². The van der Waals surface area contributed by atoms with Gasteiger partial charge in [-0.15, -0.1) is 0 Å². The molecule has 0 radical (unpaired) electrons. The summed E-state index contributed by atoms with van der Waals surface area (Å²) in [5, 5.41) is 0. The number of halogens is 2. The number of fused-ring (bicyclic) bond motifs is 1. The maximum absolute atomic E-state index is 13.5. The van der Waals surface area contributed by atoms with Crippen molar-refractivity contribution in [3.05, 3.63) is 34.9 Å². The van der Waals surface area contributed by atoms with Gasteiger partial charge in [0, 0.05) is 0 Å². The van der Waals surface area contributed by atoms with Crippen LogP contribution in [0.5, 0.6) is 0 Å². The van der Waals surface area contributed by atoms with Crippen LogP contribution in [0.2, 0.25) is 0 Å². The normalized spacial score (nSPS) is 19.8. The lowest BCUT2D eigenvalue weighted by molar-refractivity contribution is 0.484. The molecule has 1 aromatic rings. The number of hydrogen-bond acceptors (Lipinski definition) is 0. The zero-order valence-electron chi connectivity index (χ0n) is 8.32. The van der Waals surface area contributed by atoms with Crippen molar-refractivity contribution >= 4 is 0 Å². The van der Waals surface area contributed by atoms with Crippen molar-refractivity contribution in [2.75, 3.05) is 0 Å². The van der Waals surface area contributed by atoms with E-state index in [2.05, 4.69) is 6.92 Å². The van der Waals surface area contributed by atoms with Gasteiger partial charge in [-0.3, -0.25) is 0 Å². The van der Waals surface area contributed by atoms with Crippen LogP contribution in [-0.4, -0.2) is 0 Å². The van der Waals surface area contributed by atoms with Crippen LogP contribution in [0, 0.1) is 11.6 Å². The molecule has 2 rings (SSSR count). The van der Waals surface area contributed by atoms with Gasteiger partial charge in [-0.1, -0.05) is 19.4 Å². The molecule has 0 N–H and O–H groups in total. The van der Waals surface area contributed by atoms with E-state index < -0.39 is 11.6 Å². The molecule has 0 spiro atoms. The summed E-state index contributed by atoms with van der Waals surface area (Å²) in [6.07, 6.45) is 3.87. The molecule has 2 heteroatoms. The van der Waals surface area contributed by atoms with Gasteiger partial charge in [-0.25, -0.2) is 8.78 Å². The summed E-state index contributed by atoms with van der Waals surface area (Å²) in [5.74, 6) is -1.07. The summed E-state index contributed by atoms with van der Waals surface area (Å²) in [6.45, 7) is 2.08. The number of rotatable bonds is 2. The zero-order chi connectivity index (χ0) is 10.1. The summed E-state index contributed by atoms with van der Waals surface area (Å²) in [7, 11) is 0. The highest BCUT2D eigenvalue weighted by Crippen LogP contribution is 2.38. The van der Waals surface area contributed by atoms with Gasteiger partial charge >= 0.3 is 0 Å². The third-order valence-corrected chi connectivity index (χ3v) is 3.03. The Bertz CT molecular complexity index is 342. The van der Waals surface area contributed by atoms with Crippen LogP contribution in [-0.2, 0) is 6.42 Å². The Labute approximate surface area is 82.9 Å². The lowest BCUT2D eigenvalue weighted by Crippen LogP contribution is -1.99. The summed E-state index contributed by atoms with van der Waals surface area (Å²) in [5.41, 5.74) is 1.65. The maximum Gasteiger partial charge on any atom is 0.162 e. The molecule has 0 saturated heterocycles. The monoisotopic (exact) mass is 196 g/mol. The van der Waals surface area contributed by atoms with E-state index in [1.54, 1.807) is 6.07 Å². The molecule has 14 heavy (non-hydrogen) atoms. The first-order chi connectivity index (χ1) is 6.74. The predicted octanol–water partition coefficient (Wildman–Crippen LogP) is 3.79. The van der Waals surface area contributed by atoms with E-state index in [0.717, 1.165) is 31.2 Å². The van der Waals surface area contributed by atoms with Gasteiger partial charge < -0.3 is 0 Å². The van der Waals surface area contributed by atoms with Gasteiger partial charge in [0.15, 0.2) is 11.6 Å². The number of aryl methyl sites for hydroxylation is 1. The average Bonchev–Trinajstić information content (AvgIpc) is 2.57. The second-order valence-corrected chi connectivity index (χ2v) is 3.96. The van der Waals surface area contributed by atoms with Crippen LogP contribution in [0.4, 0.5) is 8.78 Å². The highest BCUT2D eigenvalue weighted by Gasteiger charge is 2.26. The first-order valence-electron chi connectivity index (χ1n) is 5.20. The van der Waals surface area contributed by atoms with Crippen molar-refractivity contribution in [3.8, 4) is 0 Å². The van der Waals surface area contributed by atoms with E-state index >= 15 is 0 Å². The molecule has 0 aromatic heterocycles. The molecule has 1 aromatic carbocycles. The molecule has 1 aliphatic carbocycles. The second kappa shape index (κ2) is 3.68. The lowest BCUT2D eigenvalue weighted by Gasteiger charge is -2.10. The van der Waals surface area contributed by atoms with Crippen molar-refractivity contribution in [1.82, 2.24) is 0 Å². The van der Waals surface area contributed by atoms with Crippen LogP contribution in [0.3, 0.4) is 0 Å². The molecule has 0 nitrogen and oxygen atoms in total. The van der Waals surface area contributed by atoms with E-state index in [-0.39, 0.29) is 5.92 Å². The average molecular weight is 196 g/mol. The third kappa shape index (κ3) is 1.43. The Balaban J connectivity index is 2.41. The standard InChI is InChI=1S/C12H14F2/c1-2-3-8-4-5-9-6-7-10(13)12(14)11(8)9/h6-8H,2-5H2,1H3. The van der Waals surface area contributed by atoms with Crippen LogP contribution >= 0.6 is 0 Å². The highest BCUT2D eigenvalue weighted by molar-refractivity contribution is 5.36. The minimum absolute atomic E-state index is 0.241. The van der Waals surface area contributed by atoms with Crippen LogP contribution < -0.4 is 0 Å². The SMILES string of the molecule is CCCC1CCc2ccc(F)c(F)c21. The van der Waals surface area contributed by atoms with Gasteiger partial charge in [-0.2, -0.15) is 0 Å². The Morgan fingerprint density at radius 2 is 2.14 bits per heavy atom. The van der Waals surface area contributed by atoms with Gasteiger partial charge in [0.25, 0.3) is 0 Å². The van der Waals surface area contributed by atoms with E-state index in [4.69, 9.17) is 0 Å². The molecule has 76 valence electrons. The molecular formula is C12H14F2. The van der Waals surface area contributed by atoms with Crippen molar-refractivity contribution in [3.63, 3.8) is 0 Å². The van der Waals surface area contributed by atoms with Crippen LogP contribution in [0.25, 0.3) is 0 Å². The molecule has 0 amide bonds. The lowest BCUT2D eigenvalue weighted by atomic mass is 9.96. The number of benzene rings is 1. The van der Waals surface area contributed by atoms with Crippen LogP contribution in [0.15, 0.2) is 12.1 Å². The molecule has 1 aliphatic rings. The van der Waals surface area contributed by atoms with Gasteiger partial charge in [0.2, 0.25) is 0 Å². The summed E-state index contributed by atoms with van der Waals surface area (Å²) in [4.78, 5) is 0. The molecule has 1 atom stereocenters. The molecule has 0 bridgehead atoms. The van der Waals surface area contributed by atoms with Crippen molar-refractivity contribution in [1.29, 1.82) is 0 Å². The molecule has 0 saturated carbocycles. The van der Waals surface area contributed by atoms with Crippen molar-refractivity contribution < 1.29 is 8.78 Å². The van der Waals surface area contributed by atoms with Crippen molar-refractivity contribution in [2.45, 2.75) is 38.5 Å². The summed E-state index contributed by atoms with van der Waals surface area (Å²) in [6, 6.07) is 2.96. The Morgan fingerprint density at radius 1 is 1.36 bits per heavy atom. The van der Waals surface area contributed by atoms with E-state index in [9.17, 15) is 8.78 Å². The molecule has 0 aliphatic heterocycles. The fraction of sp³-hybridized carbons (Fsp3) is 0.500. The number of hydrogen-bond donors (Lipinski definition) is 0. The molecular weight excluding hydrogens is 182 g/mol. The smallest absolute Gasteiger partial charge is 0.162 e. The minimum Gasteiger partial charge on any atom is -0.204 e. The maximum atomic E-state index is 13.5. The minimum atomic E-state index is -0.702. The fourth-order valence-electron chi connectivity index (χ4n) is 2.38. The van der Waals surface area contributed by atoms with Gasteiger partial charge in [-0.05, 0) is 42.4 Å². The zero-order valence-corrected chi connectivity index (χ0v) is 8.32. The Morgan fingerprint density at radius 3 is 2.86 bits per heavy atom. The summed E-state index contributed by atoms with van der Waals surface area (Å²) < 4.78 is 26.5. The van der Waals surface area contributed by atoms with E-state index in [0.29, 0.717) is 5.56 Å². The predicted molar refractivity (Wildman–Crippen MR) is 52.3 cm³/mol. The second-order valence-electron chi connectivity index (χ2n) is 3.96. The topological polar surface area (TPSA) is 0 Å². The van der Waals surface area contributed by atoms with E-state index in [1.807, 2.05) is 0 Å². The Hall–Kier alpha value is -0.920. The third-order valence-electron chi connectivity index (χ3n) is 3.03. The molecule has 0 heterocycles. The quantitative estimate of drug-likeness (QED) is 0.675.